The van der Waals surface area contributed by atoms with E-state index in [-0.39, 0.29) is 6.04 Å². The van der Waals surface area contributed by atoms with Gasteiger partial charge in [0, 0.05) is 0 Å². The average molecular weight is 328 g/mol. The standard InChI is InChI=1S/C12H14BrN3OS/c1-7-3-2-6-14-10(7)12-15-11(16-17-12)8-4-5-9(13)18-8/h4-5,7,10,14H,2-3,6H2,1H3. The smallest absolute Gasteiger partial charge is 0.244 e. The minimum atomic E-state index is 0.198. The highest BCUT2D eigenvalue weighted by Gasteiger charge is 2.27. The summed E-state index contributed by atoms with van der Waals surface area (Å²) in [7, 11) is 0. The van der Waals surface area contributed by atoms with Crippen molar-refractivity contribution in [2.75, 3.05) is 6.54 Å². The van der Waals surface area contributed by atoms with Gasteiger partial charge in [-0.3, -0.25) is 0 Å². The average Bonchev–Trinajstić information content (AvgIpc) is 2.98. The van der Waals surface area contributed by atoms with Gasteiger partial charge in [-0.2, -0.15) is 4.98 Å². The van der Waals surface area contributed by atoms with E-state index in [1.807, 2.05) is 12.1 Å². The summed E-state index contributed by atoms with van der Waals surface area (Å²) in [5.41, 5.74) is 0. The van der Waals surface area contributed by atoms with Crippen LogP contribution in [0.3, 0.4) is 0 Å². The number of nitrogens with zero attached hydrogens (tertiary/aromatic N) is 2. The molecule has 0 aromatic carbocycles. The van der Waals surface area contributed by atoms with Gasteiger partial charge in [0.1, 0.15) is 0 Å². The summed E-state index contributed by atoms with van der Waals surface area (Å²) in [6.07, 6.45) is 2.43. The van der Waals surface area contributed by atoms with E-state index in [0.29, 0.717) is 17.6 Å². The molecule has 1 saturated heterocycles. The molecule has 96 valence electrons. The molecular formula is C12H14BrN3OS. The summed E-state index contributed by atoms with van der Waals surface area (Å²) < 4.78 is 6.48. The van der Waals surface area contributed by atoms with Gasteiger partial charge >= 0.3 is 0 Å². The first-order valence-electron chi connectivity index (χ1n) is 6.07. The molecular weight excluding hydrogens is 314 g/mol. The molecule has 2 aromatic rings. The van der Waals surface area contributed by atoms with Crippen LogP contribution in [0.1, 0.15) is 31.7 Å². The molecule has 1 aliphatic heterocycles. The van der Waals surface area contributed by atoms with Crippen molar-refractivity contribution in [1.82, 2.24) is 15.5 Å². The van der Waals surface area contributed by atoms with E-state index in [4.69, 9.17) is 4.52 Å². The van der Waals surface area contributed by atoms with Crippen LogP contribution >= 0.6 is 27.3 Å². The predicted octanol–water partition coefficient (Wildman–Crippen LogP) is 3.62. The Morgan fingerprint density at radius 1 is 1.50 bits per heavy atom. The van der Waals surface area contributed by atoms with Gasteiger partial charge in [-0.1, -0.05) is 12.1 Å². The Bertz CT molecular complexity index is 539. The molecule has 2 atom stereocenters. The second-order valence-electron chi connectivity index (χ2n) is 4.61. The number of hydrogen-bond acceptors (Lipinski definition) is 5. The Balaban J connectivity index is 1.84. The van der Waals surface area contributed by atoms with E-state index in [9.17, 15) is 0 Å². The second kappa shape index (κ2) is 5.11. The molecule has 1 aliphatic rings. The predicted molar refractivity (Wildman–Crippen MR) is 74.5 cm³/mol. The maximum Gasteiger partial charge on any atom is 0.244 e. The van der Waals surface area contributed by atoms with E-state index >= 15 is 0 Å². The fourth-order valence-electron chi connectivity index (χ4n) is 2.28. The van der Waals surface area contributed by atoms with Gasteiger partial charge in [0.25, 0.3) is 0 Å². The Morgan fingerprint density at radius 3 is 3.11 bits per heavy atom. The number of piperidine rings is 1. The molecule has 18 heavy (non-hydrogen) atoms. The summed E-state index contributed by atoms with van der Waals surface area (Å²) in [6.45, 7) is 3.25. The van der Waals surface area contributed by atoms with Crippen LogP contribution < -0.4 is 5.32 Å². The molecule has 2 unspecified atom stereocenters. The summed E-state index contributed by atoms with van der Waals surface area (Å²) >= 11 is 5.06. The largest absolute Gasteiger partial charge is 0.337 e. The molecule has 0 amide bonds. The molecule has 0 spiro atoms. The molecule has 3 heterocycles. The van der Waals surface area contributed by atoms with E-state index in [0.717, 1.165) is 15.2 Å². The monoisotopic (exact) mass is 327 g/mol. The molecule has 2 aromatic heterocycles. The maximum atomic E-state index is 5.41. The molecule has 1 fully saturated rings. The summed E-state index contributed by atoms with van der Waals surface area (Å²) in [5.74, 6) is 1.93. The van der Waals surface area contributed by atoms with Gasteiger partial charge in [0.05, 0.1) is 14.7 Å². The highest BCUT2D eigenvalue weighted by Crippen LogP contribution is 2.32. The first kappa shape index (κ1) is 12.3. The molecule has 0 bridgehead atoms. The SMILES string of the molecule is CC1CCCNC1c1nc(-c2ccc(Br)s2)no1. The second-order valence-corrected chi connectivity index (χ2v) is 7.07. The van der Waals surface area contributed by atoms with E-state index in [2.05, 4.69) is 38.3 Å². The quantitative estimate of drug-likeness (QED) is 0.915. The zero-order valence-electron chi connectivity index (χ0n) is 10.0. The maximum absolute atomic E-state index is 5.41. The zero-order chi connectivity index (χ0) is 12.5. The van der Waals surface area contributed by atoms with E-state index in [1.54, 1.807) is 11.3 Å². The number of aromatic nitrogens is 2. The van der Waals surface area contributed by atoms with Crippen molar-refractivity contribution in [2.24, 2.45) is 5.92 Å². The van der Waals surface area contributed by atoms with Crippen LogP contribution in [0.25, 0.3) is 10.7 Å². The lowest BCUT2D eigenvalue weighted by Gasteiger charge is -2.26. The molecule has 1 N–H and O–H groups in total. The normalized spacial score (nSPS) is 24.3. The third kappa shape index (κ3) is 2.37. The molecule has 0 saturated carbocycles. The number of hydrogen-bond donors (Lipinski definition) is 1. The fourth-order valence-corrected chi connectivity index (χ4v) is 3.59. The highest BCUT2D eigenvalue weighted by atomic mass is 79.9. The molecule has 0 aliphatic carbocycles. The van der Waals surface area contributed by atoms with Crippen molar-refractivity contribution >= 4 is 27.3 Å². The Labute approximate surface area is 118 Å². The van der Waals surface area contributed by atoms with Crippen molar-refractivity contribution in [1.29, 1.82) is 0 Å². The first-order valence-corrected chi connectivity index (χ1v) is 7.67. The number of thiophene rings is 1. The van der Waals surface area contributed by atoms with Crippen LogP contribution in [-0.2, 0) is 0 Å². The molecule has 6 heteroatoms. The Morgan fingerprint density at radius 2 is 2.39 bits per heavy atom. The van der Waals surface area contributed by atoms with Crippen molar-refractivity contribution in [3.05, 3.63) is 21.8 Å². The molecule has 4 nitrogen and oxygen atoms in total. The van der Waals surface area contributed by atoms with Gasteiger partial charge in [-0.05, 0) is 53.4 Å². The van der Waals surface area contributed by atoms with E-state index < -0.39 is 0 Å². The third-order valence-corrected chi connectivity index (χ3v) is 4.89. The van der Waals surface area contributed by atoms with Gasteiger partial charge in [0.15, 0.2) is 0 Å². The number of nitrogens with one attached hydrogen (secondary N) is 1. The highest BCUT2D eigenvalue weighted by molar-refractivity contribution is 9.11. The zero-order valence-corrected chi connectivity index (χ0v) is 12.4. The van der Waals surface area contributed by atoms with Crippen molar-refractivity contribution < 1.29 is 4.52 Å². The lowest BCUT2D eigenvalue weighted by molar-refractivity contribution is 0.239. The Kier molecular flexibility index (Phi) is 3.50. The van der Waals surface area contributed by atoms with Crippen LogP contribution in [0.4, 0.5) is 0 Å². The first-order chi connectivity index (χ1) is 8.74. The van der Waals surface area contributed by atoms with Crippen LogP contribution in [0.2, 0.25) is 0 Å². The van der Waals surface area contributed by atoms with Crippen molar-refractivity contribution in [3.8, 4) is 10.7 Å². The summed E-state index contributed by atoms with van der Waals surface area (Å²) in [4.78, 5) is 5.55. The van der Waals surface area contributed by atoms with Crippen LogP contribution in [0.5, 0.6) is 0 Å². The van der Waals surface area contributed by atoms with Crippen molar-refractivity contribution in [2.45, 2.75) is 25.8 Å². The van der Waals surface area contributed by atoms with Gasteiger partial charge < -0.3 is 9.84 Å². The van der Waals surface area contributed by atoms with Crippen LogP contribution in [0.15, 0.2) is 20.4 Å². The van der Waals surface area contributed by atoms with Gasteiger partial charge in [0.2, 0.25) is 11.7 Å². The summed E-state index contributed by atoms with van der Waals surface area (Å²) in [5, 5.41) is 7.53. The molecule has 3 rings (SSSR count). The lowest BCUT2D eigenvalue weighted by Crippen LogP contribution is -2.33. The van der Waals surface area contributed by atoms with E-state index in [1.165, 1.54) is 12.8 Å². The van der Waals surface area contributed by atoms with Crippen LogP contribution in [-0.4, -0.2) is 16.7 Å². The fraction of sp³-hybridized carbons (Fsp3) is 0.500. The number of halogens is 1. The molecule has 0 radical (unpaired) electrons. The lowest BCUT2D eigenvalue weighted by atomic mass is 9.93. The van der Waals surface area contributed by atoms with Crippen molar-refractivity contribution in [3.63, 3.8) is 0 Å². The Hall–Kier alpha value is -0.720. The minimum Gasteiger partial charge on any atom is -0.337 e. The number of rotatable bonds is 2. The van der Waals surface area contributed by atoms with Crippen LogP contribution in [0, 0.1) is 5.92 Å². The van der Waals surface area contributed by atoms with Gasteiger partial charge in [-0.15, -0.1) is 11.3 Å². The minimum absolute atomic E-state index is 0.198. The third-order valence-electron chi connectivity index (χ3n) is 3.27. The topological polar surface area (TPSA) is 51.0 Å². The van der Waals surface area contributed by atoms with Gasteiger partial charge in [-0.25, -0.2) is 0 Å². The summed E-state index contributed by atoms with van der Waals surface area (Å²) in [6, 6.07) is 4.20.